The first kappa shape index (κ1) is 12.1. The summed E-state index contributed by atoms with van der Waals surface area (Å²) in [7, 11) is 3.23. The second kappa shape index (κ2) is 5.33. The molecule has 0 radical (unpaired) electrons. The molecule has 0 amide bonds. The Kier molecular flexibility index (Phi) is 3.81. The van der Waals surface area contributed by atoms with E-state index in [1.807, 2.05) is 0 Å². The standard InChI is InChI=1S/C12H18N2O3/c1-16-11-3-5-13-10(12(11)17-2)8-14-6-4-9(15)7-14/h3,5,9,15H,4,6-8H2,1-2H3/t9-/m0/s1. The maximum Gasteiger partial charge on any atom is 0.183 e. The van der Waals surface area contributed by atoms with Crippen LogP contribution in [0.1, 0.15) is 12.1 Å². The molecule has 1 aromatic heterocycles. The Morgan fingerprint density at radius 1 is 1.47 bits per heavy atom. The van der Waals surface area contributed by atoms with Gasteiger partial charge < -0.3 is 14.6 Å². The van der Waals surface area contributed by atoms with Crippen LogP contribution in [-0.4, -0.2) is 48.4 Å². The highest BCUT2D eigenvalue weighted by molar-refractivity contribution is 5.42. The monoisotopic (exact) mass is 238 g/mol. The van der Waals surface area contributed by atoms with Crippen LogP contribution >= 0.6 is 0 Å². The summed E-state index contributed by atoms with van der Waals surface area (Å²) < 4.78 is 10.6. The molecule has 94 valence electrons. The Morgan fingerprint density at radius 3 is 2.88 bits per heavy atom. The van der Waals surface area contributed by atoms with Gasteiger partial charge in [-0.05, 0) is 6.42 Å². The smallest absolute Gasteiger partial charge is 0.183 e. The summed E-state index contributed by atoms with van der Waals surface area (Å²) in [5.74, 6) is 1.37. The predicted molar refractivity (Wildman–Crippen MR) is 63.2 cm³/mol. The molecule has 1 saturated heterocycles. The molecular weight excluding hydrogens is 220 g/mol. The van der Waals surface area contributed by atoms with Gasteiger partial charge in [-0.2, -0.15) is 0 Å². The van der Waals surface area contributed by atoms with E-state index in [0.717, 1.165) is 18.7 Å². The van der Waals surface area contributed by atoms with Crippen molar-refractivity contribution in [3.8, 4) is 11.5 Å². The number of rotatable bonds is 4. The third-order valence-corrected chi connectivity index (χ3v) is 2.99. The van der Waals surface area contributed by atoms with Gasteiger partial charge in [-0.25, -0.2) is 0 Å². The van der Waals surface area contributed by atoms with E-state index in [1.165, 1.54) is 0 Å². The van der Waals surface area contributed by atoms with Crippen molar-refractivity contribution < 1.29 is 14.6 Å². The molecule has 0 unspecified atom stereocenters. The Hall–Kier alpha value is -1.33. The molecule has 2 heterocycles. The Morgan fingerprint density at radius 2 is 2.29 bits per heavy atom. The maximum atomic E-state index is 9.49. The summed E-state index contributed by atoms with van der Waals surface area (Å²) in [5.41, 5.74) is 0.848. The zero-order chi connectivity index (χ0) is 12.3. The van der Waals surface area contributed by atoms with Crippen LogP contribution in [0.25, 0.3) is 0 Å². The van der Waals surface area contributed by atoms with Gasteiger partial charge in [0.15, 0.2) is 11.5 Å². The number of hydrogen-bond donors (Lipinski definition) is 1. The first-order chi connectivity index (χ1) is 8.24. The van der Waals surface area contributed by atoms with Gasteiger partial charge in [-0.3, -0.25) is 9.88 Å². The molecule has 1 aromatic rings. The maximum absolute atomic E-state index is 9.49. The lowest BCUT2D eigenvalue weighted by atomic mass is 10.3. The Labute approximate surface area is 101 Å². The molecule has 2 rings (SSSR count). The molecule has 1 aliphatic rings. The quantitative estimate of drug-likeness (QED) is 0.835. The second-order valence-corrected chi connectivity index (χ2v) is 4.17. The first-order valence-corrected chi connectivity index (χ1v) is 5.71. The van der Waals surface area contributed by atoms with Gasteiger partial charge in [0.2, 0.25) is 0 Å². The fourth-order valence-electron chi connectivity index (χ4n) is 2.13. The summed E-state index contributed by atoms with van der Waals surface area (Å²) in [5, 5.41) is 9.49. The third-order valence-electron chi connectivity index (χ3n) is 2.99. The number of pyridine rings is 1. The molecule has 0 aliphatic carbocycles. The van der Waals surface area contributed by atoms with Crippen molar-refractivity contribution in [3.63, 3.8) is 0 Å². The van der Waals surface area contributed by atoms with Crippen LogP contribution in [0.4, 0.5) is 0 Å². The molecule has 5 nitrogen and oxygen atoms in total. The highest BCUT2D eigenvalue weighted by Crippen LogP contribution is 2.30. The summed E-state index contributed by atoms with van der Waals surface area (Å²) in [6, 6.07) is 1.78. The van der Waals surface area contributed by atoms with Gasteiger partial charge in [0.05, 0.1) is 20.3 Å². The predicted octanol–water partition coefficient (Wildman–Crippen LogP) is 0.665. The van der Waals surface area contributed by atoms with Gasteiger partial charge >= 0.3 is 0 Å². The van der Waals surface area contributed by atoms with Gasteiger partial charge in [0.1, 0.15) is 5.69 Å². The highest BCUT2D eigenvalue weighted by Gasteiger charge is 2.22. The number of nitrogens with zero attached hydrogens (tertiary/aromatic N) is 2. The van der Waals surface area contributed by atoms with E-state index < -0.39 is 0 Å². The minimum atomic E-state index is -0.216. The lowest BCUT2D eigenvalue weighted by Crippen LogP contribution is -2.22. The van der Waals surface area contributed by atoms with Crippen molar-refractivity contribution in [2.24, 2.45) is 0 Å². The summed E-state index contributed by atoms with van der Waals surface area (Å²) >= 11 is 0. The minimum absolute atomic E-state index is 0.216. The fourth-order valence-corrected chi connectivity index (χ4v) is 2.13. The van der Waals surface area contributed by atoms with Crippen molar-refractivity contribution in [2.45, 2.75) is 19.1 Å². The fraction of sp³-hybridized carbons (Fsp3) is 0.583. The molecule has 0 saturated carbocycles. The normalized spacial score (nSPS) is 20.5. The average molecular weight is 238 g/mol. The number of aromatic nitrogens is 1. The lowest BCUT2D eigenvalue weighted by molar-refractivity contribution is 0.174. The third kappa shape index (κ3) is 2.68. The van der Waals surface area contributed by atoms with Crippen LogP contribution in [0.15, 0.2) is 12.3 Å². The molecular formula is C12H18N2O3. The number of β-amino-alcohol motifs (C(OH)–C–C–N with tert-alkyl or cyclic N) is 1. The van der Waals surface area contributed by atoms with Gasteiger partial charge in [-0.15, -0.1) is 0 Å². The average Bonchev–Trinajstić information content (AvgIpc) is 2.74. The van der Waals surface area contributed by atoms with E-state index in [0.29, 0.717) is 24.6 Å². The molecule has 1 N–H and O–H groups in total. The van der Waals surface area contributed by atoms with Crippen molar-refractivity contribution in [3.05, 3.63) is 18.0 Å². The zero-order valence-electron chi connectivity index (χ0n) is 10.2. The zero-order valence-corrected chi connectivity index (χ0v) is 10.2. The van der Waals surface area contributed by atoms with Crippen molar-refractivity contribution in [2.75, 3.05) is 27.3 Å². The number of ether oxygens (including phenoxy) is 2. The molecule has 0 spiro atoms. The Balaban J connectivity index is 2.14. The molecule has 17 heavy (non-hydrogen) atoms. The van der Waals surface area contributed by atoms with E-state index >= 15 is 0 Å². The molecule has 0 aromatic carbocycles. The van der Waals surface area contributed by atoms with E-state index in [-0.39, 0.29) is 6.10 Å². The summed E-state index contributed by atoms with van der Waals surface area (Å²) in [6.45, 7) is 2.27. The SMILES string of the molecule is COc1ccnc(CN2CC[C@H](O)C2)c1OC. The summed E-state index contributed by atoms with van der Waals surface area (Å²) in [4.78, 5) is 6.48. The summed E-state index contributed by atoms with van der Waals surface area (Å²) in [6.07, 6.45) is 2.32. The van der Waals surface area contributed by atoms with E-state index in [1.54, 1.807) is 26.5 Å². The first-order valence-electron chi connectivity index (χ1n) is 5.71. The molecule has 1 atom stereocenters. The number of likely N-dealkylation sites (tertiary alicyclic amines) is 1. The van der Waals surface area contributed by atoms with Gasteiger partial charge in [0, 0.05) is 31.9 Å². The van der Waals surface area contributed by atoms with Crippen molar-refractivity contribution in [1.29, 1.82) is 0 Å². The van der Waals surface area contributed by atoms with Crippen LogP contribution in [-0.2, 0) is 6.54 Å². The van der Waals surface area contributed by atoms with Crippen LogP contribution in [0.3, 0.4) is 0 Å². The van der Waals surface area contributed by atoms with Gasteiger partial charge in [-0.1, -0.05) is 0 Å². The van der Waals surface area contributed by atoms with E-state index in [4.69, 9.17) is 9.47 Å². The van der Waals surface area contributed by atoms with Crippen molar-refractivity contribution in [1.82, 2.24) is 9.88 Å². The molecule has 1 aliphatic heterocycles. The second-order valence-electron chi connectivity index (χ2n) is 4.17. The molecule has 5 heteroatoms. The number of aliphatic hydroxyl groups is 1. The van der Waals surface area contributed by atoms with Crippen LogP contribution in [0.2, 0.25) is 0 Å². The van der Waals surface area contributed by atoms with Crippen LogP contribution in [0.5, 0.6) is 11.5 Å². The van der Waals surface area contributed by atoms with Crippen LogP contribution in [0, 0.1) is 0 Å². The van der Waals surface area contributed by atoms with Gasteiger partial charge in [0.25, 0.3) is 0 Å². The topological polar surface area (TPSA) is 54.8 Å². The Bertz CT molecular complexity index is 384. The van der Waals surface area contributed by atoms with Crippen LogP contribution < -0.4 is 9.47 Å². The number of methoxy groups -OCH3 is 2. The van der Waals surface area contributed by atoms with Crippen molar-refractivity contribution >= 4 is 0 Å². The lowest BCUT2D eigenvalue weighted by Gasteiger charge is -2.17. The molecule has 0 bridgehead atoms. The van der Waals surface area contributed by atoms with E-state index in [9.17, 15) is 5.11 Å². The highest BCUT2D eigenvalue weighted by atomic mass is 16.5. The minimum Gasteiger partial charge on any atom is -0.493 e. The number of hydrogen-bond acceptors (Lipinski definition) is 5. The number of aliphatic hydroxyl groups excluding tert-OH is 1. The van der Waals surface area contributed by atoms with E-state index in [2.05, 4.69) is 9.88 Å². The largest absolute Gasteiger partial charge is 0.493 e. The molecule has 1 fully saturated rings.